The van der Waals surface area contributed by atoms with E-state index >= 15 is 0 Å². The van der Waals surface area contributed by atoms with Crippen molar-refractivity contribution in [2.45, 2.75) is 24.9 Å². The summed E-state index contributed by atoms with van der Waals surface area (Å²) in [5.41, 5.74) is -5.39. The molecule has 0 radical (unpaired) electrons. The van der Waals surface area contributed by atoms with Crippen molar-refractivity contribution in [2.24, 2.45) is 0 Å². The lowest BCUT2D eigenvalue weighted by Gasteiger charge is -2.35. The van der Waals surface area contributed by atoms with Crippen LogP contribution in [0.15, 0.2) is 24.3 Å². The first-order valence-electron chi connectivity index (χ1n) is 4.88. The molecule has 1 aromatic carbocycles. The van der Waals surface area contributed by atoms with Crippen LogP contribution in [0.1, 0.15) is 11.1 Å². The minimum atomic E-state index is -5.83. The molecule has 0 N–H and O–H groups in total. The Bertz CT molecular complexity index is 432. The molecule has 0 heterocycles. The van der Waals surface area contributed by atoms with Gasteiger partial charge in [0, 0.05) is 5.56 Å². The van der Waals surface area contributed by atoms with Crippen LogP contribution < -0.4 is 0 Å². The van der Waals surface area contributed by atoms with E-state index in [2.05, 4.69) is 4.74 Å². The smallest absolute Gasteiger partial charge is 0.437 e. The third-order valence-corrected chi connectivity index (χ3v) is 2.48. The van der Waals surface area contributed by atoms with E-state index in [4.69, 9.17) is 0 Å². The molecule has 0 aliphatic carbocycles. The largest absolute Gasteiger partial charge is 0.442 e. The van der Waals surface area contributed by atoms with Crippen molar-refractivity contribution < 1.29 is 35.9 Å². The van der Waals surface area contributed by atoms with Crippen LogP contribution in [0.2, 0.25) is 0 Å². The Morgan fingerprint density at radius 3 is 1.68 bits per heavy atom. The van der Waals surface area contributed by atoms with E-state index in [0.717, 1.165) is 12.1 Å². The SMILES string of the molecule is Cc1ccc(C(OC=O)(C(F)(F)F)C(F)(F)F)cc1. The van der Waals surface area contributed by atoms with Gasteiger partial charge in [-0.25, -0.2) is 0 Å². The maximum Gasteiger partial charge on any atom is 0.442 e. The van der Waals surface area contributed by atoms with Crippen molar-refractivity contribution in [3.63, 3.8) is 0 Å². The zero-order valence-corrected chi connectivity index (χ0v) is 9.47. The van der Waals surface area contributed by atoms with E-state index in [0.29, 0.717) is 17.7 Å². The van der Waals surface area contributed by atoms with E-state index in [9.17, 15) is 31.1 Å². The second-order valence-electron chi connectivity index (χ2n) is 3.76. The summed E-state index contributed by atoms with van der Waals surface area (Å²) in [6.07, 6.45) is -11.7. The number of hydrogen-bond acceptors (Lipinski definition) is 2. The van der Waals surface area contributed by atoms with Crippen LogP contribution in [-0.2, 0) is 15.1 Å². The van der Waals surface area contributed by atoms with Crippen molar-refractivity contribution >= 4 is 6.47 Å². The molecule has 0 aliphatic heterocycles. The van der Waals surface area contributed by atoms with E-state index in [1.807, 2.05) is 0 Å². The Balaban J connectivity index is 3.57. The molecule has 0 bridgehead atoms. The molecule has 19 heavy (non-hydrogen) atoms. The Labute approximate surface area is 104 Å². The molecule has 106 valence electrons. The van der Waals surface area contributed by atoms with E-state index < -0.39 is 30.0 Å². The van der Waals surface area contributed by atoms with Crippen LogP contribution in [0.5, 0.6) is 0 Å². The Morgan fingerprint density at radius 1 is 0.947 bits per heavy atom. The summed E-state index contributed by atoms with van der Waals surface area (Å²) in [7, 11) is 0. The van der Waals surface area contributed by atoms with Gasteiger partial charge in [0.25, 0.3) is 6.47 Å². The number of carbonyl (C=O) groups is 1. The first-order valence-corrected chi connectivity index (χ1v) is 4.88. The lowest BCUT2D eigenvalue weighted by Crippen LogP contribution is -2.55. The normalized spacial score (nSPS) is 13.2. The summed E-state index contributed by atoms with van der Waals surface area (Å²) >= 11 is 0. The first kappa shape index (κ1) is 15.3. The maximum absolute atomic E-state index is 12.8. The molecule has 0 saturated carbocycles. The highest BCUT2D eigenvalue weighted by Crippen LogP contribution is 2.52. The topological polar surface area (TPSA) is 26.3 Å². The number of ether oxygens (including phenoxy) is 1. The standard InChI is InChI=1S/C11H8F6O2/c1-7-2-4-8(5-3-7)9(19-6-18,10(12,13)14)11(15,16)17/h2-6H,1H3. The predicted molar refractivity (Wildman–Crippen MR) is 52.1 cm³/mol. The predicted octanol–water partition coefficient (Wildman–Crippen LogP) is 3.49. The Hall–Kier alpha value is -1.73. The summed E-state index contributed by atoms with van der Waals surface area (Å²) in [5.74, 6) is 0. The van der Waals surface area contributed by atoms with Crippen molar-refractivity contribution in [1.82, 2.24) is 0 Å². The quantitative estimate of drug-likeness (QED) is 0.628. The zero-order valence-electron chi connectivity index (χ0n) is 9.47. The second-order valence-corrected chi connectivity index (χ2v) is 3.76. The molecule has 1 aromatic rings. The van der Waals surface area contributed by atoms with Gasteiger partial charge in [-0.15, -0.1) is 0 Å². The van der Waals surface area contributed by atoms with Gasteiger partial charge in [0.05, 0.1) is 0 Å². The average Bonchev–Trinajstić information content (AvgIpc) is 2.24. The minimum Gasteiger partial charge on any atom is -0.437 e. The second kappa shape index (κ2) is 4.75. The van der Waals surface area contributed by atoms with Gasteiger partial charge in [-0.2, -0.15) is 26.3 Å². The number of halogens is 6. The van der Waals surface area contributed by atoms with Gasteiger partial charge in [0.2, 0.25) is 0 Å². The number of aryl methyl sites for hydroxylation is 1. The molecule has 0 unspecified atom stereocenters. The van der Waals surface area contributed by atoms with Crippen molar-refractivity contribution in [3.8, 4) is 0 Å². The van der Waals surface area contributed by atoms with Crippen LogP contribution >= 0.6 is 0 Å². The number of alkyl halides is 6. The number of benzene rings is 1. The Morgan fingerprint density at radius 2 is 1.37 bits per heavy atom. The summed E-state index contributed by atoms with van der Waals surface area (Å²) in [6.45, 7) is 0.633. The van der Waals surface area contributed by atoms with E-state index in [1.54, 1.807) is 0 Å². The molecule has 0 aromatic heterocycles. The van der Waals surface area contributed by atoms with Gasteiger partial charge in [0.15, 0.2) is 0 Å². The van der Waals surface area contributed by atoms with Crippen LogP contribution in [0.4, 0.5) is 26.3 Å². The van der Waals surface area contributed by atoms with Gasteiger partial charge in [0.1, 0.15) is 0 Å². The number of hydrogen-bond donors (Lipinski definition) is 0. The van der Waals surface area contributed by atoms with Crippen molar-refractivity contribution in [2.75, 3.05) is 0 Å². The fourth-order valence-electron chi connectivity index (χ4n) is 1.55. The molecule has 0 fully saturated rings. The van der Waals surface area contributed by atoms with Gasteiger partial charge in [-0.3, -0.25) is 4.79 Å². The van der Waals surface area contributed by atoms with Crippen LogP contribution in [0.25, 0.3) is 0 Å². The minimum absolute atomic E-state index is 0.466. The fourth-order valence-corrected chi connectivity index (χ4v) is 1.55. The molecule has 2 nitrogen and oxygen atoms in total. The van der Waals surface area contributed by atoms with Crippen molar-refractivity contribution in [3.05, 3.63) is 35.4 Å². The fraction of sp³-hybridized carbons (Fsp3) is 0.364. The van der Waals surface area contributed by atoms with Gasteiger partial charge in [-0.1, -0.05) is 29.8 Å². The van der Waals surface area contributed by atoms with Crippen LogP contribution in [0, 0.1) is 6.92 Å². The molecule has 0 atom stereocenters. The van der Waals surface area contributed by atoms with Crippen molar-refractivity contribution in [1.29, 1.82) is 0 Å². The summed E-state index contributed by atoms with van der Waals surface area (Å²) in [6, 6.07) is 3.38. The monoisotopic (exact) mass is 286 g/mol. The molecule has 1 rings (SSSR count). The lowest BCUT2D eigenvalue weighted by atomic mass is 9.91. The average molecular weight is 286 g/mol. The maximum atomic E-state index is 12.8. The summed E-state index contributed by atoms with van der Waals surface area (Å²) in [4.78, 5) is 10.1. The van der Waals surface area contributed by atoms with Gasteiger partial charge in [-0.05, 0) is 6.92 Å². The molecule has 0 saturated heterocycles. The molecular formula is C11H8F6O2. The zero-order chi connectivity index (χ0) is 14.9. The third-order valence-electron chi connectivity index (χ3n) is 2.48. The lowest BCUT2D eigenvalue weighted by molar-refractivity contribution is -0.374. The van der Waals surface area contributed by atoms with Crippen LogP contribution in [0.3, 0.4) is 0 Å². The molecule has 0 amide bonds. The molecule has 0 aliphatic rings. The van der Waals surface area contributed by atoms with E-state index in [1.165, 1.54) is 6.92 Å². The van der Waals surface area contributed by atoms with Gasteiger partial charge < -0.3 is 4.74 Å². The van der Waals surface area contributed by atoms with Crippen LogP contribution in [-0.4, -0.2) is 18.8 Å². The van der Waals surface area contributed by atoms with Gasteiger partial charge >= 0.3 is 18.0 Å². The highest BCUT2D eigenvalue weighted by Gasteiger charge is 2.74. The summed E-state index contributed by atoms with van der Waals surface area (Å²) in [5, 5.41) is 0. The third kappa shape index (κ3) is 2.52. The number of carbonyl (C=O) groups excluding carboxylic acids is 1. The molecule has 8 heteroatoms. The summed E-state index contributed by atoms with van der Waals surface area (Å²) < 4.78 is 80.5. The highest BCUT2D eigenvalue weighted by molar-refractivity contribution is 5.42. The highest BCUT2D eigenvalue weighted by atomic mass is 19.4. The Kier molecular flexibility index (Phi) is 3.83. The number of rotatable bonds is 3. The molecular weight excluding hydrogens is 278 g/mol. The molecule has 0 spiro atoms. The van der Waals surface area contributed by atoms with E-state index in [-0.39, 0.29) is 0 Å². The first-order chi connectivity index (χ1) is 8.56.